The molecule has 1 saturated heterocycles. The Morgan fingerprint density at radius 2 is 2.18 bits per heavy atom. The van der Waals surface area contributed by atoms with E-state index < -0.39 is 0 Å². The maximum Gasteiger partial charge on any atom is 0.254 e. The fourth-order valence-electron chi connectivity index (χ4n) is 1.96. The molecule has 0 aliphatic carbocycles. The summed E-state index contributed by atoms with van der Waals surface area (Å²) in [4.78, 5) is 14.3. The maximum absolute atomic E-state index is 12.4. The third kappa shape index (κ3) is 2.87. The van der Waals surface area contributed by atoms with Gasteiger partial charge in [-0.25, -0.2) is 0 Å². The van der Waals surface area contributed by atoms with Gasteiger partial charge in [0.2, 0.25) is 0 Å². The van der Waals surface area contributed by atoms with Gasteiger partial charge in [0.1, 0.15) is 0 Å². The number of amides is 1. The van der Waals surface area contributed by atoms with E-state index >= 15 is 0 Å². The molecule has 2 rings (SSSR count). The zero-order chi connectivity index (χ0) is 12.3. The lowest BCUT2D eigenvalue weighted by Crippen LogP contribution is -2.33. The van der Waals surface area contributed by atoms with Gasteiger partial charge in [-0.1, -0.05) is 22.0 Å². The molecule has 0 aromatic heterocycles. The Labute approximate surface area is 110 Å². The largest absolute Gasteiger partial charge is 0.380 e. The molecule has 1 amide bonds. The van der Waals surface area contributed by atoms with Crippen molar-refractivity contribution < 1.29 is 9.53 Å². The van der Waals surface area contributed by atoms with Crippen molar-refractivity contribution in [3.63, 3.8) is 0 Å². The molecule has 1 aromatic carbocycles. The monoisotopic (exact) mass is 297 g/mol. The van der Waals surface area contributed by atoms with Gasteiger partial charge in [0.15, 0.2) is 0 Å². The number of carbonyl (C=O) groups is 1. The summed E-state index contributed by atoms with van der Waals surface area (Å²) in [5.74, 6) is 0.106. The van der Waals surface area contributed by atoms with Crippen molar-refractivity contribution in [2.75, 3.05) is 26.3 Å². The summed E-state index contributed by atoms with van der Waals surface area (Å²) >= 11 is 3.46. The van der Waals surface area contributed by atoms with Gasteiger partial charge in [0.05, 0.1) is 6.61 Å². The van der Waals surface area contributed by atoms with Crippen molar-refractivity contribution in [2.45, 2.75) is 13.3 Å². The van der Waals surface area contributed by atoms with Crippen molar-refractivity contribution in [2.24, 2.45) is 0 Å². The minimum absolute atomic E-state index is 0.106. The average molecular weight is 298 g/mol. The lowest BCUT2D eigenvalue weighted by molar-refractivity contribution is 0.0740. The first kappa shape index (κ1) is 12.6. The Kier molecular flexibility index (Phi) is 4.18. The van der Waals surface area contributed by atoms with Crippen LogP contribution in [-0.4, -0.2) is 37.1 Å². The summed E-state index contributed by atoms with van der Waals surface area (Å²) in [5.41, 5.74) is 1.78. The van der Waals surface area contributed by atoms with E-state index in [0.717, 1.165) is 35.2 Å². The Morgan fingerprint density at radius 3 is 3.00 bits per heavy atom. The van der Waals surface area contributed by atoms with Crippen LogP contribution in [0, 0.1) is 6.92 Å². The van der Waals surface area contributed by atoms with Crippen LogP contribution in [0.2, 0.25) is 0 Å². The molecule has 1 heterocycles. The third-order valence-corrected chi connectivity index (χ3v) is 3.87. The lowest BCUT2D eigenvalue weighted by Gasteiger charge is -2.20. The van der Waals surface area contributed by atoms with Crippen LogP contribution in [-0.2, 0) is 4.74 Å². The lowest BCUT2D eigenvalue weighted by atomic mass is 10.1. The zero-order valence-electron chi connectivity index (χ0n) is 9.91. The van der Waals surface area contributed by atoms with E-state index in [4.69, 9.17) is 4.74 Å². The summed E-state index contributed by atoms with van der Waals surface area (Å²) < 4.78 is 6.34. The number of rotatable bonds is 1. The van der Waals surface area contributed by atoms with Gasteiger partial charge in [-0.2, -0.15) is 0 Å². The summed E-state index contributed by atoms with van der Waals surface area (Å²) in [6.45, 7) is 4.82. The molecule has 92 valence electrons. The van der Waals surface area contributed by atoms with Gasteiger partial charge in [0.25, 0.3) is 5.91 Å². The molecule has 1 fully saturated rings. The Bertz CT molecular complexity index is 412. The number of carbonyl (C=O) groups excluding carboxylic acids is 1. The van der Waals surface area contributed by atoms with Crippen LogP contribution in [0.3, 0.4) is 0 Å². The highest BCUT2D eigenvalue weighted by atomic mass is 79.9. The van der Waals surface area contributed by atoms with Gasteiger partial charge in [0, 0.05) is 29.7 Å². The van der Waals surface area contributed by atoms with Gasteiger partial charge in [-0.3, -0.25) is 4.79 Å². The fraction of sp³-hybridized carbons (Fsp3) is 0.462. The number of ether oxygens (including phenoxy) is 1. The van der Waals surface area contributed by atoms with Crippen molar-refractivity contribution >= 4 is 21.8 Å². The smallest absolute Gasteiger partial charge is 0.254 e. The molecular formula is C13H16BrNO2. The van der Waals surface area contributed by atoms with E-state index in [1.54, 1.807) is 0 Å². The normalized spacial score (nSPS) is 16.7. The molecule has 0 N–H and O–H groups in total. The van der Waals surface area contributed by atoms with Crippen LogP contribution in [0.1, 0.15) is 22.3 Å². The van der Waals surface area contributed by atoms with E-state index in [0.29, 0.717) is 13.2 Å². The van der Waals surface area contributed by atoms with Crippen LogP contribution in [0.5, 0.6) is 0 Å². The highest BCUT2D eigenvalue weighted by molar-refractivity contribution is 9.10. The zero-order valence-corrected chi connectivity index (χ0v) is 11.5. The van der Waals surface area contributed by atoms with E-state index in [9.17, 15) is 4.79 Å². The first-order chi connectivity index (χ1) is 8.20. The minimum Gasteiger partial charge on any atom is -0.380 e. The van der Waals surface area contributed by atoms with Gasteiger partial charge >= 0.3 is 0 Å². The molecule has 17 heavy (non-hydrogen) atoms. The van der Waals surface area contributed by atoms with Gasteiger partial charge < -0.3 is 9.64 Å². The Morgan fingerprint density at radius 1 is 1.35 bits per heavy atom. The summed E-state index contributed by atoms with van der Waals surface area (Å²) in [6, 6.07) is 5.74. The quantitative estimate of drug-likeness (QED) is 0.797. The number of nitrogens with zero attached hydrogens (tertiary/aromatic N) is 1. The second-order valence-corrected chi connectivity index (χ2v) is 5.02. The van der Waals surface area contributed by atoms with Crippen LogP contribution < -0.4 is 0 Å². The summed E-state index contributed by atoms with van der Waals surface area (Å²) in [5, 5.41) is 0. The van der Waals surface area contributed by atoms with E-state index in [1.165, 1.54) is 0 Å². The molecule has 0 spiro atoms. The van der Waals surface area contributed by atoms with Crippen LogP contribution in [0.25, 0.3) is 0 Å². The van der Waals surface area contributed by atoms with Crippen LogP contribution in [0.4, 0.5) is 0 Å². The Hall–Kier alpha value is -0.870. The van der Waals surface area contributed by atoms with Crippen LogP contribution >= 0.6 is 15.9 Å². The molecule has 3 nitrogen and oxygen atoms in total. The fourth-order valence-corrected chi connectivity index (χ4v) is 2.32. The SMILES string of the molecule is Cc1c(Br)cccc1C(=O)N1CCCOCC1. The van der Waals surface area contributed by atoms with Crippen molar-refractivity contribution in [1.29, 1.82) is 0 Å². The van der Waals surface area contributed by atoms with Gasteiger partial charge in [-0.15, -0.1) is 0 Å². The first-order valence-corrected chi connectivity index (χ1v) is 6.61. The minimum atomic E-state index is 0.106. The number of hydrogen-bond donors (Lipinski definition) is 0. The molecule has 1 aromatic rings. The van der Waals surface area contributed by atoms with Crippen molar-refractivity contribution in [1.82, 2.24) is 4.90 Å². The van der Waals surface area contributed by atoms with Gasteiger partial charge in [-0.05, 0) is 31.0 Å². The molecule has 1 aliphatic heterocycles. The van der Waals surface area contributed by atoms with Crippen molar-refractivity contribution in [3.8, 4) is 0 Å². The molecule has 0 bridgehead atoms. The maximum atomic E-state index is 12.4. The van der Waals surface area contributed by atoms with E-state index in [2.05, 4.69) is 15.9 Å². The molecule has 1 aliphatic rings. The molecule has 0 atom stereocenters. The third-order valence-electron chi connectivity index (χ3n) is 3.01. The predicted molar refractivity (Wildman–Crippen MR) is 70.2 cm³/mol. The van der Waals surface area contributed by atoms with Crippen molar-refractivity contribution in [3.05, 3.63) is 33.8 Å². The average Bonchev–Trinajstić information content (AvgIpc) is 2.60. The number of benzene rings is 1. The molecule has 4 heteroatoms. The second kappa shape index (κ2) is 5.65. The summed E-state index contributed by atoms with van der Waals surface area (Å²) in [7, 11) is 0. The standard InChI is InChI=1S/C13H16BrNO2/c1-10-11(4-2-5-12(10)14)13(16)15-6-3-8-17-9-7-15/h2,4-5H,3,6-9H2,1H3. The van der Waals surface area contributed by atoms with Crippen LogP contribution in [0.15, 0.2) is 22.7 Å². The second-order valence-electron chi connectivity index (χ2n) is 4.17. The topological polar surface area (TPSA) is 29.5 Å². The number of hydrogen-bond acceptors (Lipinski definition) is 2. The predicted octanol–water partition coefficient (Wildman–Crippen LogP) is 2.62. The summed E-state index contributed by atoms with van der Waals surface area (Å²) in [6.07, 6.45) is 0.915. The highest BCUT2D eigenvalue weighted by Crippen LogP contribution is 2.21. The molecule has 0 unspecified atom stereocenters. The molecule has 0 saturated carbocycles. The Balaban J connectivity index is 2.20. The van der Waals surface area contributed by atoms with E-state index in [1.807, 2.05) is 30.0 Å². The first-order valence-electron chi connectivity index (χ1n) is 5.82. The highest BCUT2D eigenvalue weighted by Gasteiger charge is 2.19. The number of halogens is 1. The van der Waals surface area contributed by atoms with E-state index in [-0.39, 0.29) is 5.91 Å². The molecule has 0 radical (unpaired) electrons. The molecular weight excluding hydrogens is 282 g/mol.